The molecule has 0 spiro atoms. The molecule has 0 saturated carbocycles. The van der Waals surface area contributed by atoms with Crippen molar-refractivity contribution < 1.29 is 17.9 Å². The fraction of sp³-hybridized carbons (Fsp3) is 0.571. The molecule has 0 aliphatic carbocycles. The summed E-state index contributed by atoms with van der Waals surface area (Å²) < 4.78 is 45.1. The van der Waals surface area contributed by atoms with Crippen LogP contribution in [0.3, 0.4) is 0 Å². The highest BCUT2D eigenvalue weighted by Gasteiger charge is 2.30. The molecule has 1 aliphatic heterocycles. The zero-order chi connectivity index (χ0) is 14.5. The molecule has 1 aliphatic rings. The molecule has 120 valence electrons. The number of benzene rings is 1. The summed E-state index contributed by atoms with van der Waals surface area (Å²) in [5.74, 6) is -0.164. The highest BCUT2D eigenvalue weighted by molar-refractivity contribution is 5.85. The fourth-order valence-electron chi connectivity index (χ4n) is 2.63. The van der Waals surface area contributed by atoms with Crippen LogP contribution >= 0.6 is 12.4 Å². The van der Waals surface area contributed by atoms with E-state index in [4.69, 9.17) is 4.74 Å². The van der Waals surface area contributed by atoms with E-state index in [0.29, 0.717) is 18.8 Å². The minimum Gasteiger partial charge on any atom is -0.496 e. The lowest BCUT2D eigenvalue weighted by molar-refractivity contribution is 0.0714. The van der Waals surface area contributed by atoms with E-state index >= 15 is 0 Å². The molecule has 1 atom stereocenters. The van der Waals surface area contributed by atoms with Crippen molar-refractivity contribution in [3.8, 4) is 5.75 Å². The van der Waals surface area contributed by atoms with E-state index in [2.05, 4.69) is 5.32 Å². The Kier molecular flexibility index (Phi) is 7.28. The lowest BCUT2D eigenvalue weighted by Crippen LogP contribution is -2.45. The Morgan fingerprint density at radius 2 is 1.95 bits per heavy atom. The first kappa shape index (κ1) is 18.1. The molecular weight excluding hydrogens is 305 g/mol. The molecule has 1 fully saturated rings. The lowest BCUT2D eigenvalue weighted by Gasteiger charge is -2.35. The standard InChI is InChI=1S/C14H19F3N2O.ClH/c1-20-12-4-2-3-10(15)14(12)11(9-13(16)17)19-7-5-18-6-8-19;/h2-4,11,13,18H,5-9H2,1H3;1H/t11-;/m1./s1. The van der Waals surface area contributed by atoms with Crippen LogP contribution in [0.25, 0.3) is 0 Å². The summed E-state index contributed by atoms with van der Waals surface area (Å²) in [4.78, 5) is 1.89. The second-order valence-corrected chi connectivity index (χ2v) is 4.78. The van der Waals surface area contributed by atoms with Crippen molar-refractivity contribution >= 4 is 12.4 Å². The maximum atomic E-state index is 14.1. The Morgan fingerprint density at radius 1 is 1.29 bits per heavy atom. The highest BCUT2D eigenvalue weighted by atomic mass is 35.5. The molecular formula is C14H20ClF3N2O. The van der Waals surface area contributed by atoms with Crippen LogP contribution in [0.2, 0.25) is 0 Å². The topological polar surface area (TPSA) is 24.5 Å². The maximum Gasteiger partial charge on any atom is 0.240 e. The maximum absolute atomic E-state index is 14.1. The number of piperazine rings is 1. The second-order valence-electron chi connectivity index (χ2n) is 4.78. The zero-order valence-electron chi connectivity index (χ0n) is 11.8. The van der Waals surface area contributed by atoms with Crippen LogP contribution in [0.15, 0.2) is 18.2 Å². The number of ether oxygens (including phenoxy) is 1. The summed E-state index contributed by atoms with van der Waals surface area (Å²) in [5, 5.41) is 3.16. The first-order valence-corrected chi connectivity index (χ1v) is 6.68. The predicted molar refractivity (Wildman–Crippen MR) is 78.0 cm³/mol. The molecule has 0 unspecified atom stereocenters. The van der Waals surface area contributed by atoms with Crippen molar-refractivity contribution in [3.05, 3.63) is 29.6 Å². The van der Waals surface area contributed by atoms with Crippen LogP contribution in [0.4, 0.5) is 13.2 Å². The summed E-state index contributed by atoms with van der Waals surface area (Å²) in [6.07, 6.45) is -2.88. The van der Waals surface area contributed by atoms with Crippen molar-refractivity contribution in [3.63, 3.8) is 0 Å². The van der Waals surface area contributed by atoms with Gasteiger partial charge in [0.25, 0.3) is 0 Å². The van der Waals surface area contributed by atoms with Gasteiger partial charge in [-0.25, -0.2) is 13.2 Å². The summed E-state index contributed by atoms with van der Waals surface area (Å²) in [6.45, 7) is 2.68. The molecule has 2 rings (SSSR count). The molecule has 1 heterocycles. The van der Waals surface area contributed by atoms with Crippen LogP contribution in [-0.2, 0) is 0 Å². The Morgan fingerprint density at radius 3 is 2.52 bits per heavy atom. The predicted octanol–water partition coefficient (Wildman–Crippen LogP) is 2.86. The molecule has 0 aromatic heterocycles. The SMILES string of the molecule is COc1cccc(F)c1[C@@H](CC(F)F)N1CCNCC1.Cl. The van der Waals surface area contributed by atoms with Crippen molar-refractivity contribution in [2.45, 2.75) is 18.9 Å². The molecule has 1 N–H and O–H groups in total. The smallest absolute Gasteiger partial charge is 0.240 e. The third kappa shape index (κ3) is 4.49. The largest absolute Gasteiger partial charge is 0.496 e. The van der Waals surface area contributed by atoms with E-state index in [1.165, 1.54) is 19.2 Å². The average Bonchev–Trinajstić information content (AvgIpc) is 2.45. The molecule has 3 nitrogen and oxygen atoms in total. The third-order valence-electron chi connectivity index (χ3n) is 3.56. The van der Waals surface area contributed by atoms with Gasteiger partial charge >= 0.3 is 0 Å². The molecule has 7 heteroatoms. The van der Waals surface area contributed by atoms with Crippen molar-refractivity contribution in [1.29, 1.82) is 0 Å². The number of rotatable bonds is 5. The van der Waals surface area contributed by atoms with E-state index in [0.717, 1.165) is 13.1 Å². The molecule has 1 saturated heterocycles. The molecule has 21 heavy (non-hydrogen) atoms. The normalized spacial score (nSPS) is 17.4. The first-order chi connectivity index (χ1) is 9.63. The van der Waals surface area contributed by atoms with Crippen LogP contribution in [0.1, 0.15) is 18.0 Å². The van der Waals surface area contributed by atoms with Gasteiger partial charge in [-0.05, 0) is 12.1 Å². The van der Waals surface area contributed by atoms with E-state index in [1.54, 1.807) is 6.07 Å². The van der Waals surface area contributed by atoms with Gasteiger partial charge in [-0.2, -0.15) is 0 Å². The molecule has 0 bridgehead atoms. The van der Waals surface area contributed by atoms with Crippen molar-refractivity contribution in [1.82, 2.24) is 10.2 Å². The quantitative estimate of drug-likeness (QED) is 0.901. The molecule has 1 aromatic rings. The van der Waals surface area contributed by atoms with Crippen LogP contribution < -0.4 is 10.1 Å². The van der Waals surface area contributed by atoms with Crippen molar-refractivity contribution in [2.75, 3.05) is 33.3 Å². The minimum absolute atomic E-state index is 0. The third-order valence-corrected chi connectivity index (χ3v) is 3.56. The first-order valence-electron chi connectivity index (χ1n) is 6.68. The number of nitrogens with zero attached hydrogens (tertiary/aromatic N) is 1. The van der Waals surface area contributed by atoms with E-state index in [-0.39, 0.29) is 18.0 Å². The van der Waals surface area contributed by atoms with Crippen LogP contribution in [-0.4, -0.2) is 44.6 Å². The van der Waals surface area contributed by atoms with Gasteiger partial charge in [-0.15, -0.1) is 12.4 Å². The van der Waals surface area contributed by atoms with Gasteiger partial charge < -0.3 is 10.1 Å². The van der Waals surface area contributed by atoms with E-state index in [9.17, 15) is 13.2 Å². The Labute approximate surface area is 128 Å². The van der Waals surface area contributed by atoms with Crippen molar-refractivity contribution in [2.24, 2.45) is 0 Å². The number of nitrogens with one attached hydrogen (secondary N) is 1. The van der Waals surface area contributed by atoms with E-state index in [1.807, 2.05) is 4.90 Å². The average molecular weight is 325 g/mol. The monoisotopic (exact) mass is 324 g/mol. The molecule has 1 aromatic carbocycles. The summed E-state index contributed by atoms with van der Waals surface area (Å²) in [6, 6.07) is 3.76. The van der Waals surface area contributed by atoms with Gasteiger partial charge in [0.2, 0.25) is 6.43 Å². The summed E-state index contributed by atoms with van der Waals surface area (Å²) in [7, 11) is 1.43. The number of alkyl halides is 2. The van der Waals surface area contributed by atoms with Gasteiger partial charge in [0.05, 0.1) is 7.11 Å². The van der Waals surface area contributed by atoms with Crippen LogP contribution in [0.5, 0.6) is 5.75 Å². The number of hydrogen-bond donors (Lipinski definition) is 1. The summed E-state index contributed by atoms with van der Waals surface area (Å²) >= 11 is 0. The minimum atomic E-state index is -2.49. The van der Waals surface area contributed by atoms with Gasteiger partial charge in [0.15, 0.2) is 0 Å². The zero-order valence-corrected chi connectivity index (χ0v) is 12.6. The highest BCUT2D eigenvalue weighted by Crippen LogP contribution is 2.35. The number of hydrogen-bond acceptors (Lipinski definition) is 3. The molecule has 0 radical (unpaired) electrons. The number of halogens is 4. The van der Waals surface area contributed by atoms with E-state index < -0.39 is 24.7 Å². The Bertz CT molecular complexity index is 442. The second kappa shape index (κ2) is 8.46. The lowest BCUT2D eigenvalue weighted by atomic mass is 9.99. The molecule has 0 amide bonds. The Balaban J connectivity index is 0.00000220. The van der Waals surface area contributed by atoms with Gasteiger partial charge in [-0.3, -0.25) is 4.90 Å². The van der Waals surface area contributed by atoms with Gasteiger partial charge in [0, 0.05) is 44.2 Å². The Hall–Kier alpha value is -0.980. The van der Waals surface area contributed by atoms with Gasteiger partial charge in [0.1, 0.15) is 11.6 Å². The summed E-state index contributed by atoms with van der Waals surface area (Å²) in [5.41, 5.74) is 0.234. The van der Waals surface area contributed by atoms with Crippen LogP contribution in [0, 0.1) is 5.82 Å². The van der Waals surface area contributed by atoms with Gasteiger partial charge in [-0.1, -0.05) is 6.07 Å². The fourth-order valence-corrected chi connectivity index (χ4v) is 2.63. The number of methoxy groups -OCH3 is 1.